The fourth-order valence-electron chi connectivity index (χ4n) is 1.07. The summed E-state index contributed by atoms with van der Waals surface area (Å²) in [6, 6.07) is 11.4. The highest BCUT2D eigenvalue weighted by Gasteiger charge is 2.05. The minimum atomic E-state index is -0.413. The molecule has 1 aromatic heterocycles. The number of halogens is 1. The smallest absolute Gasteiger partial charge is 0.182 e. The summed E-state index contributed by atoms with van der Waals surface area (Å²) in [7, 11) is 0. The Hall–Kier alpha value is -1.86. The number of benzene rings is 1. The zero-order valence-corrected chi connectivity index (χ0v) is 8.42. The van der Waals surface area contributed by atoms with Crippen LogP contribution in [0.25, 0.3) is 0 Å². The number of para-hydroxylation sites is 1. The second-order valence-corrected chi connectivity index (χ2v) is 3.81. The zero-order chi connectivity index (χ0) is 10.7. The molecule has 74 valence electrons. The Bertz CT molecular complexity index is 515. The monoisotopic (exact) mass is 219 g/mol. The number of thiophene rings is 1. The Morgan fingerprint density at radius 3 is 2.67 bits per heavy atom. The Kier molecular flexibility index (Phi) is 2.66. The van der Waals surface area contributed by atoms with Crippen LogP contribution in [0.15, 0.2) is 36.4 Å². The molecule has 0 unspecified atom stereocenters. The van der Waals surface area contributed by atoms with Crippen molar-refractivity contribution in [2.75, 3.05) is 0 Å². The van der Waals surface area contributed by atoms with E-state index in [1.165, 1.54) is 17.4 Å². The second kappa shape index (κ2) is 4.11. The minimum absolute atomic E-state index is 0.170. The normalized spacial score (nSPS) is 9.60. The van der Waals surface area contributed by atoms with Crippen LogP contribution in [0.3, 0.4) is 0 Å². The summed E-state index contributed by atoms with van der Waals surface area (Å²) in [5.74, 6) is -0.242. The fraction of sp³-hybridized carbons (Fsp3) is 0. The van der Waals surface area contributed by atoms with E-state index in [4.69, 9.17) is 10.00 Å². The lowest BCUT2D eigenvalue weighted by molar-refractivity contribution is 0.452. The molecule has 2 nitrogen and oxygen atoms in total. The number of hydrogen-bond donors (Lipinski definition) is 0. The van der Waals surface area contributed by atoms with Crippen LogP contribution in [0.1, 0.15) is 4.88 Å². The van der Waals surface area contributed by atoms with Crippen molar-refractivity contribution in [3.8, 4) is 16.9 Å². The van der Waals surface area contributed by atoms with Gasteiger partial charge in [0, 0.05) is 0 Å². The maximum absolute atomic E-state index is 13.2. The molecule has 2 aromatic rings. The van der Waals surface area contributed by atoms with Gasteiger partial charge in [0.2, 0.25) is 0 Å². The maximum atomic E-state index is 13.2. The van der Waals surface area contributed by atoms with Crippen molar-refractivity contribution in [1.29, 1.82) is 5.26 Å². The molecule has 0 bridgehead atoms. The van der Waals surface area contributed by atoms with Crippen molar-refractivity contribution in [3.05, 3.63) is 47.1 Å². The first-order valence-electron chi connectivity index (χ1n) is 4.22. The number of hydrogen-bond acceptors (Lipinski definition) is 3. The Labute approximate surface area is 90.2 Å². The molecule has 0 aliphatic carbocycles. The first-order valence-corrected chi connectivity index (χ1v) is 5.03. The number of nitrogens with zero attached hydrogens (tertiary/aromatic N) is 1. The van der Waals surface area contributed by atoms with E-state index >= 15 is 0 Å². The minimum Gasteiger partial charge on any atom is -0.444 e. The largest absolute Gasteiger partial charge is 0.444 e. The van der Waals surface area contributed by atoms with Crippen molar-refractivity contribution in [2.45, 2.75) is 0 Å². The average Bonchev–Trinajstić information content (AvgIpc) is 2.69. The van der Waals surface area contributed by atoms with E-state index in [9.17, 15) is 4.39 Å². The summed E-state index contributed by atoms with van der Waals surface area (Å²) in [4.78, 5) is 0.543. The molecule has 0 atom stereocenters. The van der Waals surface area contributed by atoms with E-state index in [0.29, 0.717) is 9.94 Å². The van der Waals surface area contributed by atoms with E-state index in [2.05, 4.69) is 0 Å². The summed E-state index contributed by atoms with van der Waals surface area (Å²) in [5, 5.41) is 9.11. The van der Waals surface area contributed by atoms with Gasteiger partial charge >= 0.3 is 0 Å². The third kappa shape index (κ3) is 2.14. The quantitative estimate of drug-likeness (QED) is 0.773. The number of rotatable bonds is 2. The molecule has 4 heteroatoms. The van der Waals surface area contributed by atoms with Crippen LogP contribution in [-0.2, 0) is 0 Å². The molecule has 0 aliphatic heterocycles. The molecule has 15 heavy (non-hydrogen) atoms. The maximum Gasteiger partial charge on any atom is 0.182 e. The molecular weight excluding hydrogens is 213 g/mol. The van der Waals surface area contributed by atoms with E-state index in [-0.39, 0.29) is 5.75 Å². The van der Waals surface area contributed by atoms with Gasteiger partial charge in [-0.2, -0.15) is 5.26 Å². The molecule has 0 N–H and O–H groups in total. The molecule has 0 spiro atoms. The van der Waals surface area contributed by atoms with Crippen molar-refractivity contribution in [2.24, 2.45) is 0 Å². The van der Waals surface area contributed by atoms with E-state index in [1.807, 2.05) is 6.07 Å². The van der Waals surface area contributed by atoms with Crippen LogP contribution >= 0.6 is 11.3 Å². The molecule has 0 fully saturated rings. The van der Waals surface area contributed by atoms with Crippen LogP contribution in [-0.4, -0.2) is 0 Å². The summed E-state index contributed by atoms with van der Waals surface area (Å²) < 4.78 is 18.5. The highest BCUT2D eigenvalue weighted by Crippen LogP contribution is 2.30. The standard InChI is InChI=1S/C11H6FNOS/c12-9-3-1-2-4-10(9)14-11-6-5-8(7-13)15-11/h1-6H. The van der Waals surface area contributed by atoms with E-state index < -0.39 is 5.82 Å². The van der Waals surface area contributed by atoms with Crippen LogP contribution in [0.5, 0.6) is 10.8 Å². The van der Waals surface area contributed by atoms with Gasteiger partial charge in [0.1, 0.15) is 10.9 Å². The van der Waals surface area contributed by atoms with Crippen molar-refractivity contribution in [1.82, 2.24) is 0 Å². The van der Waals surface area contributed by atoms with Gasteiger partial charge in [-0.25, -0.2) is 4.39 Å². The molecular formula is C11H6FNOS. The summed E-state index contributed by atoms with van der Waals surface area (Å²) in [5.41, 5.74) is 0. The Morgan fingerprint density at radius 1 is 1.20 bits per heavy atom. The summed E-state index contributed by atoms with van der Waals surface area (Å²) in [6.45, 7) is 0. The summed E-state index contributed by atoms with van der Waals surface area (Å²) >= 11 is 1.19. The van der Waals surface area contributed by atoms with Gasteiger partial charge in [0.25, 0.3) is 0 Å². The Balaban J connectivity index is 2.23. The lowest BCUT2D eigenvalue weighted by atomic mass is 10.3. The van der Waals surface area contributed by atoms with Gasteiger partial charge in [-0.1, -0.05) is 23.5 Å². The van der Waals surface area contributed by atoms with Gasteiger partial charge in [0.15, 0.2) is 16.6 Å². The van der Waals surface area contributed by atoms with E-state index in [1.54, 1.807) is 30.3 Å². The van der Waals surface area contributed by atoms with Crippen LogP contribution in [0, 0.1) is 17.1 Å². The van der Waals surface area contributed by atoms with Gasteiger partial charge < -0.3 is 4.74 Å². The number of nitriles is 1. The molecule has 2 rings (SSSR count). The predicted octanol–water partition coefficient (Wildman–Crippen LogP) is 3.55. The van der Waals surface area contributed by atoms with Gasteiger partial charge in [-0.15, -0.1) is 0 Å². The van der Waals surface area contributed by atoms with Crippen molar-refractivity contribution in [3.63, 3.8) is 0 Å². The molecule has 1 heterocycles. The Morgan fingerprint density at radius 2 is 2.00 bits per heavy atom. The third-order valence-electron chi connectivity index (χ3n) is 1.74. The first kappa shape index (κ1) is 9.69. The van der Waals surface area contributed by atoms with Crippen LogP contribution < -0.4 is 4.74 Å². The van der Waals surface area contributed by atoms with Crippen LogP contribution in [0.2, 0.25) is 0 Å². The van der Waals surface area contributed by atoms with Crippen molar-refractivity contribution < 1.29 is 9.13 Å². The zero-order valence-electron chi connectivity index (χ0n) is 7.61. The van der Waals surface area contributed by atoms with Gasteiger partial charge in [0.05, 0.1) is 0 Å². The van der Waals surface area contributed by atoms with E-state index in [0.717, 1.165) is 0 Å². The topological polar surface area (TPSA) is 33.0 Å². The lowest BCUT2D eigenvalue weighted by Gasteiger charge is -2.02. The van der Waals surface area contributed by atoms with Crippen molar-refractivity contribution >= 4 is 11.3 Å². The molecule has 0 radical (unpaired) electrons. The fourth-order valence-corrected chi connectivity index (χ4v) is 1.74. The highest BCUT2D eigenvalue weighted by atomic mass is 32.1. The molecule has 0 aliphatic rings. The van der Waals surface area contributed by atoms with Gasteiger partial charge in [-0.05, 0) is 24.3 Å². The third-order valence-corrected chi connectivity index (χ3v) is 2.61. The SMILES string of the molecule is N#Cc1ccc(Oc2ccccc2F)s1. The van der Waals surface area contributed by atoms with Gasteiger partial charge in [-0.3, -0.25) is 0 Å². The van der Waals surface area contributed by atoms with Crippen LogP contribution in [0.4, 0.5) is 4.39 Å². The molecule has 0 saturated carbocycles. The molecule has 1 aromatic carbocycles. The summed E-state index contributed by atoms with van der Waals surface area (Å²) in [6.07, 6.45) is 0. The first-order chi connectivity index (χ1) is 7.29. The highest BCUT2D eigenvalue weighted by molar-refractivity contribution is 7.14. The molecule has 0 saturated heterocycles. The molecule has 0 amide bonds. The average molecular weight is 219 g/mol. The number of ether oxygens (including phenoxy) is 1. The lowest BCUT2D eigenvalue weighted by Crippen LogP contribution is -1.84. The predicted molar refractivity (Wildman–Crippen MR) is 55.5 cm³/mol. The second-order valence-electron chi connectivity index (χ2n) is 2.76.